The van der Waals surface area contributed by atoms with Crippen LogP contribution in [0.1, 0.15) is 44.1 Å². The monoisotopic (exact) mass is 266 g/mol. The summed E-state index contributed by atoms with van der Waals surface area (Å²) in [6.07, 6.45) is 11.6. The highest BCUT2D eigenvalue weighted by molar-refractivity contribution is 5.85. The standard InChI is InChI=1S/C18H22N2/c19-18(9-2-4-14(11-18)13-6-7-13)17-5-1-3-15-12-20-10-8-16(15)17/h1,3,5,8,10,12-14H,2,4,6-7,9,11,19H2. The van der Waals surface area contributed by atoms with Crippen LogP contribution in [-0.2, 0) is 5.54 Å². The van der Waals surface area contributed by atoms with Crippen LogP contribution in [0.25, 0.3) is 10.8 Å². The SMILES string of the molecule is NC1(c2cccc3cnccc23)CCCC(C2CC2)C1. The van der Waals surface area contributed by atoms with E-state index in [0.29, 0.717) is 0 Å². The lowest BCUT2D eigenvalue weighted by Gasteiger charge is -2.39. The van der Waals surface area contributed by atoms with Crippen LogP contribution in [-0.4, -0.2) is 4.98 Å². The number of rotatable bonds is 2. The number of hydrogen-bond acceptors (Lipinski definition) is 2. The maximum Gasteiger partial charge on any atom is 0.0418 e. The van der Waals surface area contributed by atoms with Gasteiger partial charge in [-0.2, -0.15) is 0 Å². The summed E-state index contributed by atoms with van der Waals surface area (Å²) in [5, 5.41) is 2.50. The highest BCUT2D eigenvalue weighted by Crippen LogP contribution is 2.49. The van der Waals surface area contributed by atoms with Crippen molar-refractivity contribution in [1.29, 1.82) is 0 Å². The Balaban J connectivity index is 1.76. The highest BCUT2D eigenvalue weighted by atomic mass is 14.8. The van der Waals surface area contributed by atoms with Gasteiger partial charge in [-0.1, -0.05) is 31.0 Å². The van der Waals surface area contributed by atoms with Gasteiger partial charge in [0.15, 0.2) is 0 Å². The first-order valence-electron chi connectivity index (χ1n) is 7.88. The Kier molecular flexibility index (Phi) is 2.81. The fourth-order valence-corrected chi connectivity index (χ4v) is 4.12. The van der Waals surface area contributed by atoms with Crippen LogP contribution in [0.4, 0.5) is 0 Å². The number of pyridine rings is 1. The van der Waals surface area contributed by atoms with Gasteiger partial charge < -0.3 is 5.73 Å². The van der Waals surface area contributed by atoms with Gasteiger partial charge in [0.25, 0.3) is 0 Å². The molecule has 4 rings (SSSR count). The molecule has 2 heteroatoms. The van der Waals surface area contributed by atoms with E-state index in [1.54, 1.807) is 0 Å². The molecule has 0 bridgehead atoms. The van der Waals surface area contributed by atoms with Gasteiger partial charge in [-0.3, -0.25) is 4.98 Å². The maximum absolute atomic E-state index is 6.88. The van der Waals surface area contributed by atoms with Crippen LogP contribution in [0.3, 0.4) is 0 Å². The zero-order chi connectivity index (χ0) is 13.6. The van der Waals surface area contributed by atoms with Gasteiger partial charge in [-0.25, -0.2) is 0 Å². The molecule has 2 nitrogen and oxygen atoms in total. The fourth-order valence-electron chi connectivity index (χ4n) is 4.12. The van der Waals surface area contributed by atoms with E-state index in [0.717, 1.165) is 18.3 Å². The Labute approximate surface area is 120 Å². The first-order valence-corrected chi connectivity index (χ1v) is 7.88. The van der Waals surface area contributed by atoms with Gasteiger partial charge in [-0.15, -0.1) is 0 Å². The second kappa shape index (κ2) is 4.56. The second-order valence-electron chi connectivity index (χ2n) is 6.75. The van der Waals surface area contributed by atoms with Crippen molar-refractivity contribution in [2.45, 2.75) is 44.1 Å². The predicted octanol–water partition coefficient (Wildman–Crippen LogP) is 3.99. The van der Waals surface area contributed by atoms with Gasteiger partial charge in [0, 0.05) is 23.3 Å². The van der Waals surface area contributed by atoms with Crippen LogP contribution in [0.2, 0.25) is 0 Å². The molecule has 2 N–H and O–H groups in total. The van der Waals surface area contributed by atoms with Gasteiger partial charge in [0.1, 0.15) is 0 Å². The lowest BCUT2D eigenvalue weighted by molar-refractivity contribution is 0.208. The molecule has 2 fully saturated rings. The average molecular weight is 266 g/mol. The summed E-state index contributed by atoms with van der Waals surface area (Å²) in [6, 6.07) is 8.63. The van der Waals surface area contributed by atoms with Gasteiger partial charge in [0.2, 0.25) is 0 Å². The smallest absolute Gasteiger partial charge is 0.0418 e. The first-order chi connectivity index (χ1) is 9.76. The molecule has 2 unspecified atom stereocenters. The Hall–Kier alpha value is -1.41. The molecular formula is C18H22N2. The Bertz CT molecular complexity index is 627. The van der Waals surface area contributed by atoms with Crippen LogP contribution in [0.15, 0.2) is 36.7 Å². The number of benzene rings is 1. The molecule has 104 valence electrons. The van der Waals surface area contributed by atoms with Crippen molar-refractivity contribution in [2.75, 3.05) is 0 Å². The second-order valence-corrected chi connectivity index (χ2v) is 6.75. The molecule has 2 aromatic rings. The Morgan fingerprint density at radius 2 is 2.00 bits per heavy atom. The summed E-state index contributed by atoms with van der Waals surface area (Å²) < 4.78 is 0. The number of nitrogens with zero attached hydrogens (tertiary/aromatic N) is 1. The average Bonchev–Trinajstić information content (AvgIpc) is 3.31. The van der Waals surface area contributed by atoms with Crippen LogP contribution in [0, 0.1) is 11.8 Å². The summed E-state index contributed by atoms with van der Waals surface area (Å²) in [5.74, 6) is 1.82. The molecule has 2 atom stereocenters. The first kappa shape index (κ1) is 12.3. The Morgan fingerprint density at radius 3 is 2.85 bits per heavy atom. The third-order valence-electron chi connectivity index (χ3n) is 5.33. The molecule has 2 aliphatic carbocycles. The maximum atomic E-state index is 6.88. The highest BCUT2D eigenvalue weighted by Gasteiger charge is 2.41. The summed E-state index contributed by atoms with van der Waals surface area (Å²) in [4.78, 5) is 4.23. The summed E-state index contributed by atoms with van der Waals surface area (Å²) in [5.41, 5.74) is 8.09. The van der Waals surface area contributed by atoms with E-state index in [4.69, 9.17) is 5.73 Å². The van der Waals surface area contributed by atoms with Crippen LogP contribution >= 0.6 is 0 Å². The molecular weight excluding hydrogens is 244 g/mol. The lowest BCUT2D eigenvalue weighted by Crippen LogP contribution is -2.42. The van der Waals surface area contributed by atoms with Crippen LogP contribution in [0.5, 0.6) is 0 Å². The van der Waals surface area contributed by atoms with Gasteiger partial charge in [-0.05, 0) is 54.5 Å². The normalized spacial score (nSPS) is 30.6. The minimum Gasteiger partial charge on any atom is -0.321 e. The Morgan fingerprint density at radius 1 is 1.10 bits per heavy atom. The molecule has 0 radical (unpaired) electrons. The number of nitrogens with two attached hydrogens (primary N) is 1. The third-order valence-corrected chi connectivity index (χ3v) is 5.33. The summed E-state index contributed by atoms with van der Waals surface area (Å²) in [6.45, 7) is 0. The van der Waals surface area contributed by atoms with Crippen molar-refractivity contribution < 1.29 is 0 Å². The molecule has 2 aliphatic rings. The number of aromatic nitrogens is 1. The van der Waals surface area contributed by atoms with E-state index in [1.165, 1.54) is 48.4 Å². The summed E-state index contributed by atoms with van der Waals surface area (Å²) in [7, 11) is 0. The quantitative estimate of drug-likeness (QED) is 0.892. The molecule has 2 saturated carbocycles. The third kappa shape index (κ3) is 2.03. The van der Waals surface area contributed by atoms with Crippen molar-refractivity contribution in [2.24, 2.45) is 17.6 Å². The molecule has 0 aliphatic heterocycles. The summed E-state index contributed by atoms with van der Waals surface area (Å²) >= 11 is 0. The molecule has 20 heavy (non-hydrogen) atoms. The minimum absolute atomic E-state index is 0.133. The van der Waals surface area contributed by atoms with E-state index >= 15 is 0 Å². The largest absolute Gasteiger partial charge is 0.321 e. The molecule has 0 amide bonds. The van der Waals surface area contributed by atoms with Crippen molar-refractivity contribution in [1.82, 2.24) is 4.98 Å². The molecule has 0 saturated heterocycles. The fraction of sp³-hybridized carbons (Fsp3) is 0.500. The van der Waals surface area contributed by atoms with E-state index < -0.39 is 0 Å². The van der Waals surface area contributed by atoms with Crippen molar-refractivity contribution >= 4 is 10.8 Å². The molecule has 0 spiro atoms. The minimum atomic E-state index is -0.133. The number of hydrogen-bond donors (Lipinski definition) is 1. The number of fused-ring (bicyclic) bond motifs is 1. The van der Waals surface area contributed by atoms with Crippen molar-refractivity contribution in [3.63, 3.8) is 0 Å². The molecule has 1 heterocycles. The van der Waals surface area contributed by atoms with E-state index in [9.17, 15) is 0 Å². The zero-order valence-corrected chi connectivity index (χ0v) is 11.9. The predicted molar refractivity (Wildman–Crippen MR) is 82.3 cm³/mol. The van der Waals surface area contributed by atoms with Crippen LogP contribution < -0.4 is 5.73 Å². The van der Waals surface area contributed by atoms with Gasteiger partial charge >= 0.3 is 0 Å². The van der Waals surface area contributed by atoms with E-state index in [-0.39, 0.29) is 5.54 Å². The van der Waals surface area contributed by atoms with E-state index in [2.05, 4.69) is 29.2 Å². The van der Waals surface area contributed by atoms with Gasteiger partial charge in [0.05, 0.1) is 0 Å². The van der Waals surface area contributed by atoms with Crippen molar-refractivity contribution in [3.05, 3.63) is 42.2 Å². The van der Waals surface area contributed by atoms with Crippen molar-refractivity contribution in [3.8, 4) is 0 Å². The zero-order valence-electron chi connectivity index (χ0n) is 11.9. The molecule has 1 aromatic carbocycles. The molecule has 1 aromatic heterocycles. The lowest BCUT2D eigenvalue weighted by atomic mass is 9.70. The van der Waals surface area contributed by atoms with E-state index in [1.807, 2.05) is 12.4 Å². The topological polar surface area (TPSA) is 38.9 Å².